The monoisotopic (exact) mass is 155 g/mol. The average Bonchev–Trinajstić information content (AvgIpc) is 1.84. The number of hydrogen-bond acceptors (Lipinski definition) is 2. The van der Waals surface area contributed by atoms with Crippen molar-refractivity contribution in [1.82, 2.24) is 0 Å². The Hall–Kier alpha value is -0.370. The Morgan fingerprint density at radius 3 is 2.64 bits per heavy atom. The second-order valence-corrected chi connectivity index (χ2v) is 3.43. The Kier molecular flexibility index (Phi) is 3.06. The molecule has 1 saturated carbocycles. The van der Waals surface area contributed by atoms with Gasteiger partial charge in [-0.25, -0.2) is 0 Å². The van der Waals surface area contributed by atoms with E-state index in [1.54, 1.807) is 0 Å². The van der Waals surface area contributed by atoms with Gasteiger partial charge in [0.2, 0.25) is 0 Å². The normalized spacial score (nSPS) is 20.9. The van der Waals surface area contributed by atoms with E-state index in [0.29, 0.717) is 11.7 Å². The van der Waals surface area contributed by atoms with E-state index in [2.05, 4.69) is 6.92 Å². The summed E-state index contributed by atoms with van der Waals surface area (Å²) < 4.78 is 0. The van der Waals surface area contributed by atoms with E-state index < -0.39 is 0 Å². The van der Waals surface area contributed by atoms with Crippen LogP contribution < -0.4 is 5.73 Å². The molecule has 0 amide bonds. The van der Waals surface area contributed by atoms with Crippen LogP contribution in [0.25, 0.3) is 0 Å². The van der Waals surface area contributed by atoms with Gasteiger partial charge in [0.25, 0.3) is 0 Å². The predicted molar refractivity (Wildman–Crippen MR) is 45.2 cm³/mol. The van der Waals surface area contributed by atoms with Gasteiger partial charge in [-0.15, -0.1) is 0 Å². The van der Waals surface area contributed by atoms with Crippen molar-refractivity contribution in [3.63, 3.8) is 0 Å². The van der Waals surface area contributed by atoms with Crippen molar-refractivity contribution in [2.75, 3.05) is 0 Å². The topological polar surface area (TPSA) is 43.1 Å². The van der Waals surface area contributed by atoms with Crippen LogP contribution in [0.3, 0.4) is 0 Å². The summed E-state index contributed by atoms with van der Waals surface area (Å²) in [7, 11) is 0. The van der Waals surface area contributed by atoms with E-state index >= 15 is 0 Å². The SMILES string of the molecule is CCCC(N)C(=O)C1CCC1. The van der Waals surface area contributed by atoms with Crippen LogP contribution in [0.15, 0.2) is 0 Å². The number of carbonyl (C=O) groups is 1. The molecule has 0 aromatic rings. The number of ketones is 1. The van der Waals surface area contributed by atoms with Crippen molar-refractivity contribution in [3.8, 4) is 0 Å². The van der Waals surface area contributed by atoms with Crippen molar-refractivity contribution in [1.29, 1.82) is 0 Å². The number of nitrogens with two attached hydrogens (primary N) is 1. The zero-order valence-corrected chi connectivity index (χ0v) is 7.18. The molecule has 2 nitrogen and oxygen atoms in total. The van der Waals surface area contributed by atoms with Crippen molar-refractivity contribution >= 4 is 5.78 Å². The Bertz CT molecular complexity index is 140. The predicted octanol–water partition coefficient (Wildman–Crippen LogP) is 1.48. The van der Waals surface area contributed by atoms with Gasteiger partial charge in [-0.3, -0.25) is 4.79 Å². The van der Waals surface area contributed by atoms with Gasteiger partial charge in [-0.1, -0.05) is 19.8 Å². The summed E-state index contributed by atoms with van der Waals surface area (Å²) in [5, 5.41) is 0. The van der Waals surface area contributed by atoms with Crippen LogP contribution in [-0.2, 0) is 4.79 Å². The molecule has 1 rings (SSSR count). The van der Waals surface area contributed by atoms with Crippen LogP contribution in [0.5, 0.6) is 0 Å². The lowest BCUT2D eigenvalue weighted by atomic mass is 9.79. The van der Waals surface area contributed by atoms with E-state index in [-0.39, 0.29) is 6.04 Å². The quantitative estimate of drug-likeness (QED) is 0.668. The highest BCUT2D eigenvalue weighted by atomic mass is 16.1. The number of carbonyl (C=O) groups excluding carboxylic acids is 1. The minimum Gasteiger partial charge on any atom is -0.321 e. The van der Waals surface area contributed by atoms with Crippen LogP contribution in [0.1, 0.15) is 39.0 Å². The first kappa shape index (κ1) is 8.72. The molecule has 0 aromatic heterocycles. The molecule has 1 aliphatic rings. The van der Waals surface area contributed by atoms with Crippen LogP contribution in [-0.4, -0.2) is 11.8 Å². The average molecular weight is 155 g/mol. The van der Waals surface area contributed by atoms with E-state index in [1.165, 1.54) is 6.42 Å². The highest BCUT2D eigenvalue weighted by Gasteiger charge is 2.28. The van der Waals surface area contributed by atoms with Crippen LogP contribution in [0.4, 0.5) is 0 Å². The number of hydrogen-bond donors (Lipinski definition) is 1. The second kappa shape index (κ2) is 3.86. The molecule has 0 saturated heterocycles. The first-order valence-electron chi connectivity index (χ1n) is 4.55. The van der Waals surface area contributed by atoms with Crippen molar-refractivity contribution in [2.24, 2.45) is 11.7 Å². The zero-order valence-electron chi connectivity index (χ0n) is 7.18. The van der Waals surface area contributed by atoms with Gasteiger partial charge in [0.1, 0.15) is 0 Å². The Morgan fingerprint density at radius 2 is 2.27 bits per heavy atom. The van der Waals surface area contributed by atoms with Crippen LogP contribution in [0, 0.1) is 5.92 Å². The fraction of sp³-hybridized carbons (Fsp3) is 0.889. The van der Waals surface area contributed by atoms with Gasteiger partial charge < -0.3 is 5.73 Å². The molecule has 0 spiro atoms. The lowest BCUT2D eigenvalue weighted by Crippen LogP contribution is -2.38. The lowest BCUT2D eigenvalue weighted by Gasteiger charge is -2.26. The molecule has 11 heavy (non-hydrogen) atoms. The molecule has 0 bridgehead atoms. The van der Waals surface area contributed by atoms with Crippen molar-refractivity contribution in [3.05, 3.63) is 0 Å². The molecule has 0 aliphatic heterocycles. The summed E-state index contributed by atoms with van der Waals surface area (Å²) in [4.78, 5) is 11.4. The molecule has 2 heteroatoms. The molecule has 0 heterocycles. The Labute approximate surface area is 68.2 Å². The summed E-state index contributed by atoms with van der Waals surface area (Å²) >= 11 is 0. The fourth-order valence-electron chi connectivity index (χ4n) is 1.45. The molecule has 1 fully saturated rings. The van der Waals surface area contributed by atoms with Crippen LogP contribution in [0.2, 0.25) is 0 Å². The maximum Gasteiger partial charge on any atom is 0.152 e. The first-order valence-corrected chi connectivity index (χ1v) is 4.55. The highest BCUT2D eigenvalue weighted by molar-refractivity contribution is 5.86. The van der Waals surface area contributed by atoms with Gasteiger partial charge >= 0.3 is 0 Å². The highest BCUT2D eigenvalue weighted by Crippen LogP contribution is 2.28. The minimum absolute atomic E-state index is 0.176. The first-order chi connectivity index (χ1) is 5.25. The minimum atomic E-state index is -0.176. The summed E-state index contributed by atoms with van der Waals surface area (Å²) in [5.74, 6) is 0.620. The molecular weight excluding hydrogens is 138 g/mol. The smallest absolute Gasteiger partial charge is 0.152 e. The van der Waals surface area contributed by atoms with Gasteiger partial charge in [-0.2, -0.15) is 0 Å². The maximum atomic E-state index is 11.4. The molecule has 0 aromatic carbocycles. The summed E-state index contributed by atoms with van der Waals surface area (Å²) in [5.41, 5.74) is 5.69. The standard InChI is InChI=1S/C9H17NO/c1-2-4-8(10)9(11)7-5-3-6-7/h7-8H,2-6,10H2,1H3. The van der Waals surface area contributed by atoms with E-state index in [0.717, 1.165) is 25.7 Å². The van der Waals surface area contributed by atoms with E-state index in [9.17, 15) is 4.79 Å². The fourth-order valence-corrected chi connectivity index (χ4v) is 1.45. The molecule has 1 aliphatic carbocycles. The Balaban J connectivity index is 2.27. The van der Waals surface area contributed by atoms with Crippen LogP contribution >= 0.6 is 0 Å². The van der Waals surface area contributed by atoms with Gasteiger partial charge in [-0.05, 0) is 19.3 Å². The maximum absolute atomic E-state index is 11.4. The summed E-state index contributed by atoms with van der Waals surface area (Å²) in [6, 6.07) is -0.176. The van der Waals surface area contributed by atoms with Gasteiger partial charge in [0, 0.05) is 5.92 Å². The van der Waals surface area contributed by atoms with Crippen molar-refractivity contribution in [2.45, 2.75) is 45.1 Å². The molecule has 1 unspecified atom stereocenters. The van der Waals surface area contributed by atoms with E-state index in [1.807, 2.05) is 0 Å². The third-order valence-corrected chi connectivity index (χ3v) is 2.47. The lowest BCUT2D eigenvalue weighted by molar-refractivity contribution is -0.126. The third kappa shape index (κ3) is 2.03. The summed E-state index contributed by atoms with van der Waals surface area (Å²) in [6.07, 6.45) is 5.25. The van der Waals surface area contributed by atoms with E-state index in [4.69, 9.17) is 5.73 Å². The number of rotatable bonds is 4. The molecular formula is C9H17NO. The van der Waals surface area contributed by atoms with Gasteiger partial charge in [0.05, 0.1) is 6.04 Å². The third-order valence-electron chi connectivity index (χ3n) is 2.47. The summed E-state index contributed by atoms with van der Waals surface area (Å²) in [6.45, 7) is 2.06. The molecule has 0 radical (unpaired) electrons. The Morgan fingerprint density at radius 1 is 1.64 bits per heavy atom. The molecule has 2 N–H and O–H groups in total. The molecule has 64 valence electrons. The largest absolute Gasteiger partial charge is 0.321 e. The molecule has 1 atom stereocenters. The second-order valence-electron chi connectivity index (χ2n) is 3.43. The van der Waals surface area contributed by atoms with Gasteiger partial charge in [0.15, 0.2) is 5.78 Å². The zero-order chi connectivity index (χ0) is 8.27. The number of Topliss-reactive ketones (excluding diaryl/α,β-unsaturated/α-hetero) is 1. The van der Waals surface area contributed by atoms with Crippen molar-refractivity contribution < 1.29 is 4.79 Å².